The van der Waals surface area contributed by atoms with Crippen LogP contribution in [0, 0.1) is 0 Å². The number of anilines is 2. The third-order valence-electron chi connectivity index (χ3n) is 4.64. The van der Waals surface area contributed by atoms with Crippen molar-refractivity contribution in [1.29, 1.82) is 0 Å². The molecule has 2 heteroatoms. The highest BCUT2D eigenvalue weighted by atomic mass is 15.1. The number of nitrogens with zero attached hydrogens (tertiary/aromatic N) is 2. The molecule has 3 rings (SSSR count). The summed E-state index contributed by atoms with van der Waals surface area (Å²) in [6.07, 6.45) is 3.77. The van der Waals surface area contributed by atoms with E-state index in [0.29, 0.717) is 0 Å². The topological polar surface area (TPSA) is 6.48 Å². The van der Waals surface area contributed by atoms with Gasteiger partial charge < -0.3 is 4.90 Å². The predicted molar refractivity (Wildman–Crippen MR) is 94.8 cm³/mol. The summed E-state index contributed by atoms with van der Waals surface area (Å²) in [6.45, 7) is 5.81. The second kappa shape index (κ2) is 6.97. The van der Waals surface area contributed by atoms with Crippen molar-refractivity contribution in [3.8, 4) is 0 Å². The summed E-state index contributed by atoms with van der Waals surface area (Å²) in [6, 6.07) is 17.5. The van der Waals surface area contributed by atoms with E-state index >= 15 is 0 Å². The van der Waals surface area contributed by atoms with E-state index < -0.39 is 0 Å². The van der Waals surface area contributed by atoms with E-state index in [9.17, 15) is 0 Å². The largest absolute Gasteiger partial charge is 0.345 e. The van der Waals surface area contributed by atoms with E-state index in [1.165, 1.54) is 54.9 Å². The van der Waals surface area contributed by atoms with Gasteiger partial charge in [-0.1, -0.05) is 37.6 Å². The van der Waals surface area contributed by atoms with Crippen LogP contribution in [0.3, 0.4) is 0 Å². The second-order valence-corrected chi connectivity index (χ2v) is 6.23. The summed E-state index contributed by atoms with van der Waals surface area (Å²) >= 11 is 0. The monoisotopic (exact) mass is 294 g/mol. The fraction of sp³-hybridized carbons (Fsp3) is 0.400. The first-order valence-electron chi connectivity index (χ1n) is 8.41. The SMILES string of the molecule is CCCCN1CCc2ccc(N(C)c3ccccc3)cc2C1. The van der Waals surface area contributed by atoms with Crippen LogP contribution >= 0.6 is 0 Å². The van der Waals surface area contributed by atoms with Crippen molar-refractivity contribution in [2.24, 2.45) is 0 Å². The summed E-state index contributed by atoms with van der Waals surface area (Å²) in [5.41, 5.74) is 5.55. The van der Waals surface area contributed by atoms with Crippen LogP contribution in [0.5, 0.6) is 0 Å². The Morgan fingerprint density at radius 1 is 1.00 bits per heavy atom. The van der Waals surface area contributed by atoms with E-state index in [-0.39, 0.29) is 0 Å². The van der Waals surface area contributed by atoms with Crippen LogP contribution in [0.2, 0.25) is 0 Å². The highest BCUT2D eigenvalue weighted by molar-refractivity contribution is 5.63. The van der Waals surface area contributed by atoms with E-state index in [1.807, 2.05) is 0 Å². The lowest BCUT2D eigenvalue weighted by atomic mass is 9.98. The Labute approximate surface area is 134 Å². The number of fused-ring (bicyclic) bond motifs is 1. The Hall–Kier alpha value is -1.80. The van der Waals surface area contributed by atoms with Crippen LogP contribution in [0.15, 0.2) is 48.5 Å². The van der Waals surface area contributed by atoms with Crippen LogP contribution in [-0.4, -0.2) is 25.0 Å². The first-order chi connectivity index (χ1) is 10.8. The van der Waals surface area contributed by atoms with Crippen LogP contribution in [-0.2, 0) is 13.0 Å². The third kappa shape index (κ3) is 3.33. The molecular weight excluding hydrogens is 268 g/mol. The maximum Gasteiger partial charge on any atom is 0.0411 e. The van der Waals surface area contributed by atoms with E-state index in [2.05, 4.69) is 72.3 Å². The molecule has 0 spiro atoms. The molecule has 0 saturated heterocycles. The highest BCUT2D eigenvalue weighted by Gasteiger charge is 2.16. The first-order valence-corrected chi connectivity index (χ1v) is 8.41. The highest BCUT2D eigenvalue weighted by Crippen LogP contribution is 2.28. The molecule has 116 valence electrons. The van der Waals surface area contributed by atoms with Crippen molar-refractivity contribution >= 4 is 11.4 Å². The molecule has 0 aliphatic carbocycles. The van der Waals surface area contributed by atoms with Gasteiger partial charge in [0.25, 0.3) is 0 Å². The molecule has 0 fully saturated rings. The lowest BCUT2D eigenvalue weighted by molar-refractivity contribution is 0.250. The minimum absolute atomic E-state index is 1.10. The fourth-order valence-electron chi connectivity index (χ4n) is 3.18. The normalized spacial score (nSPS) is 14.6. The molecule has 1 heterocycles. The zero-order valence-electron chi connectivity index (χ0n) is 13.8. The van der Waals surface area contributed by atoms with E-state index in [0.717, 1.165) is 6.54 Å². The fourth-order valence-corrected chi connectivity index (χ4v) is 3.18. The lowest BCUT2D eigenvalue weighted by Crippen LogP contribution is -2.31. The average molecular weight is 294 g/mol. The number of hydrogen-bond donors (Lipinski definition) is 0. The minimum atomic E-state index is 1.10. The Balaban J connectivity index is 1.78. The molecule has 2 nitrogen and oxygen atoms in total. The van der Waals surface area contributed by atoms with Crippen molar-refractivity contribution in [2.75, 3.05) is 25.0 Å². The average Bonchev–Trinajstić information content (AvgIpc) is 2.59. The van der Waals surface area contributed by atoms with Gasteiger partial charge in [-0.3, -0.25) is 4.90 Å². The number of rotatable bonds is 5. The van der Waals surface area contributed by atoms with Crippen LogP contribution in [0.25, 0.3) is 0 Å². The molecule has 22 heavy (non-hydrogen) atoms. The van der Waals surface area contributed by atoms with Gasteiger partial charge in [-0.25, -0.2) is 0 Å². The van der Waals surface area contributed by atoms with Crippen molar-refractivity contribution in [2.45, 2.75) is 32.7 Å². The quantitative estimate of drug-likeness (QED) is 0.794. The van der Waals surface area contributed by atoms with Gasteiger partial charge >= 0.3 is 0 Å². The standard InChI is InChI=1S/C20H26N2/c1-3-4-13-22-14-12-17-10-11-20(15-18(17)16-22)21(2)19-8-6-5-7-9-19/h5-11,15H,3-4,12-14,16H2,1-2H3. The molecule has 0 atom stereocenters. The van der Waals surface area contributed by atoms with E-state index in [1.54, 1.807) is 0 Å². The minimum Gasteiger partial charge on any atom is -0.345 e. The summed E-state index contributed by atoms with van der Waals surface area (Å²) in [5, 5.41) is 0. The second-order valence-electron chi connectivity index (χ2n) is 6.23. The first kappa shape index (κ1) is 15.1. The predicted octanol–water partition coefficient (Wildman–Crippen LogP) is 4.61. The summed E-state index contributed by atoms with van der Waals surface area (Å²) in [7, 11) is 2.15. The zero-order chi connectivity index (χ0) is 15.4. The van der Waals surface area contributed by atoms with Gasteiger partial charge in [-0.15, -0.1) is 0 Å². The summed E-state index contributed by atoms with van der Waals surface area (Å²) < 4.78 is 0. The number of hydrogen-bond acceptors (Lipinski definition) is 2. The van der Waals surface area contributed by atoms with Gasteiger partial charge in [0.2, 0.25) is 0 Å². The van der Waals surface area contributed by atoms with Crippen molar-refractivity contribution in [1.82, 2.24) is 4.90 Å². The molecule has 0 aromatic heterocycles. The molecular formula is C20H26N2. The van der Waals surface area contributed by atoms with Crippen molar-refractivity contribution in [3.05, 3.63) is 59.7 Å². The molecule has 2 aromatic rings. The molecule has 0 amide bonds. The third-order valence-corrected chi connectivity index (χ3v) is 4.64. The van der Waals surface area contributed by atoms with Gasteiger partial charge in [0.1, 0.15) is 0 Å². The Kier molecular flexibility index (Phi) is 4.79. The van der Waals surface area contributed by atoms with Crippen LogP contribution in [0.1, 0.15) is 30.9 Å². The summed E-state index contributed by atoms with van der Waals surface area (Å²) in [4.78, 5) is 4.86. The Morgan fingerprint density at radius 3 is 2.59 bits per heavy atom. The van der Waals surface area contributed by atoms with Gasteiger partial charge in [0.05, 0.1) is 0 Å². The lowest BCUT2D eigenvalue weighted by Gasteiger charge is -2.30. The number of unbranched alkanes of at least 4 members (excludes halogenated alkanes) is 1. The van der Waals surface area contributed by atoms with Gasteiger partial charge in [-0.2, -0.15) is 0 Å². The van der Waals surface area contributed by atoms with E-state index in [4.69, 9.17) is 0 Å². The van der Waals surface area contributed by atoms with Gasteiger partial charge in [-0.05, 0) is 54.8 Å². The Morgan fingerprint density at radius 2 is 1.82 bits per heavy atom. The van der Waals surface area contributed by atoms with Crippen LogP contribution < -0.4 is 4.90 Å². The van der Waals surface area contributed by atoms with Gasteiger partial charge in [0, 0.05) is 31.5 Å². The molecule has 0 unspecified atom stereocenters. The smallest absolute Gasteiger partial charge is 0.0411 e. The number of para-hydroxylation sites is 1. The molecule has 0 saturated carbocycles. The molecule has 0 N–H and O–H groups in total. The van der Waals surface area contributed by atoms with Crippen molar-refractivity contribution in [3.63, 3.8) is 0 Å². The molecule has 1 aliphatic heterocycles. The van der Waals surface area contributed by atoms with Crippen LogP contribution in [0.4, 0.5) is 11.4 Å². The molecule has 2 aromatic carbocycles. The summed E-state index contributed by atoms with van der Waals surface area (Å²) in [5.74, 6) is 0. The maximum absolute atomic E-state index is 2.60. The number of benzene rings is 2. The van der Waals surface area contributed by atoms with Crippen molar-refractivity contribution < 1.29 is 0 Å². The molecule has 1 aliphatic rings. The maximum atomic E-state index is 2.60. The van der Waals surface area contributed by atoms with Gasteiger partial charge in [0.15, 0.2) is 0 Å². The molecule has 0 bridgehead atoms. The zero-order valence-corrected chi connectivity index (χ0v) is 13.8. The molecule has 0 radical (unpaired) electrons. The Bertz CT molecular complexity index is 606.